The van der Waals surface area contributed by atoms with E-state index >= 15 is 0 Å². The van der Waals surface area contributed by atoms with Crippen molar-refractivity contribution in [2.75, 3.05) is 13.2 Å². The number of ether oxygens (including phenoxy) is 2. The van der Waals surface area contributed by atoms with Gasteiger partial charge in [0.2, 0.25) is 0 Å². The first-order valence-corrected chi connectivity index (χ1v) is 23.7. The van der Waals surface area contributed by atoms with Crippen LogP contribution >= 0.6 is 0 Å². The molecule has 0 atom stereocenters. The summed E-state index contributed by atoms with van der Waals surface area (Å²) in [6.45, 7) is 18.7. The maximum atomic E-state index is 12.4. The summed E-state index contributed by atoms with van der Waals surface area (Å²) in [7, 11) is 0. The lowest BCUT2D eigenvalue weighted by Crippen LogP contribution is -2.15. The fraction of sp³-hybridized carbons (Fsp3) is 0.692. The van der Waals surface area contributed by atoms with Gasteiger partial charge in [-0.05, 0) is 91.5 Å². The van der Waals surface area contributed by atoms with Gasteiger partial charge in [0, 0.05) is 0 Å². The molecular weight excluding hydrogens is 753 g/mol. The summed E-state index contributed by atoms with van der Waals surface area (Å²) in [5.41, 5.74) is 2.26. The number of aromatic carboxylic acids is 2. The number of unbranched alkanes of at least 4 members (excludes halogenated alkanes) is 12. The Balaban J connectivity index is 0.000000600. The molecule has 8 nitrogen and oxygen atoms in total. The van der Waals surface area contributed by atoms with Crippen LogP contribution in [0.25, 0.3) is 0 Å². The Morgan fingerprint density at radius 3 is 1.17 bits per heavy atom. The van der Waals surface area contributed by atoms with Crippen molar-refractivity contribution in [2.24, 2.45) is 23.7 Å². The molecule has 0 aliphatic rings. The molecule has 2 aromatic carbocycles. The number of aryl methyl sites for hydroxylation is 1. The highest BCUT2D eigenvalue weighted by Crippen LogP contribution is 2.25. The quantitative estimate of drug-likeness (QED) is 0.0551. The first-order valence-electron chi connectivity index (χ1n) is 23.7. The number of hydrogen-bond acceptors (Lipinski definition) is 6. The van der Waals surface area contributed by atoms with Crippen LogP contribution in [-0.2, 0) is 22.3 Å². The summed E-state index contributed by atoms with van der Waals surface area (Å²) in [5.74, 6) is -0.251. The van der Waals surface area contributed by atoms with Crippen LogP contribution < -0.4 is 0 Å². The lowest BCUT2D eigenvalue weighted by molar-refractivity contribution is 0.0450. The Kier molecular flexibility index (Phi) is 29.9. The van der Waals surface area contributed by atoms with Gasteiger partial charge in [0.15, 0.2) is 0 Å². The lowest BCUT2D eigenvalue weighted by atomic mass is 9.89. The minimum Gasteiger partial charge on any atom is -0.478 e. The van der Waals surface area contributed by atoms with Crippen molar-refractivity contribution in [1.82, 2.24) is 0 Å². The number of benzene rings is 2. The standard InChI is InChI=1S/2C26H42O4/c1-21(2)15-9-5-7-13-19-29-25(27)23-17-11-12-18-24(23)26(28)30-20-14-8-6-10-16-22(3)4;1-19(2)13-9-5-7-11-15-21-17-18-23(25(27)28)24(26(29)30)22(21)16-12-8-6-10-14-20(3)4/h11-12,17-18,21-22H,5-10,13-16,19-20H2,1-4H3;17-20H,5-16H2,1-4H3,(H,27,28)(H,29,30). The number of carboxylic acid groups (broad SMARTS) is 2. The zero-order valence-electron chi connectivity index (χ0n) is 39.1. The Bertz CT molecular complexity index is 1440. The van der Waals surface area contributed by atoms with Crippen molar-refractivity contribution in [3.05, 3.63) is 69.8 Å². The second-order valence-electron chi connectivity index (χ2n) is 18.4. The van der Waals surface area contributed by atoms with Gasteiger partial charge in [-0.1, -0.05) is 176 Å². The maximum absolute atomic E-state index is 12.4. The van der Waals surface area contributed by atoms with Crippen LogP contribution in [0.2, 0.25) is 0 Å². The Labute approximate surface area is 365 Å². The molecule has 340 valence electrons. The van der Waals surface area contributed by atoms with Gasteiger partial charge in [0.05, 0.1) is 35.5 Å². The van der Waals surface area contributed by atoms with E-state index in [2.05, 4.69) is 55.4 Å². The van der Waals surface area contributed by atoms with Gasteiger partial charge in [0.25, 0.3) is 0 Å². The molecule has 0 aliphatic heterocycles. The first-order chi connectivity index (χ1) is 28.6. The minimum absolute atomic E-state index is 0.00184. The van der Waals surface area contributed by atoms with E-state index < -0.39 is 23.9 Å². The molecule has 2 rings (SSSR count). The third kappa shape index (κ3) is 25.2. The normalized spacial score (nSPS) is 11.3. The van der Waals surface area contributed by atoms with Gasteiger partial charge in [-0.15, -0.1) is 0 Å². The molecule has 0 unspecified atom stereocenters. The fourth-order valence-corrected chi connectivity index (χ4v) is 7.40. The molecule has 60 heavy (non-hydrogen) atoms. The van der Waals surface area contributed by atoms with Crippen molar-refractivity contribution in [3.8, 4) is 0 Å². The molecule has 0 saturated carbocycles. The van der Waals surface area contributed by atoms with E-state index in [0.29, 0.717) is 36.7 Å². The predicted octanol–water partition coefficient (Wildman–Crippen LogP) is 14.6. The Hall–Kier alpha value is -3.68. The number of rotatable bonds is 32. The summed E-state index contributed by atoms with van der Waals surface area (Å²) < 4.78 is 10.8. The largest absolute Gasteiger partial charge is 0.478 e. The van der Waals surface area contributed by atoms with Crippen LogP contribution in [0, 0.1) is 23.7 Å². The van der Waals surface area contributed by atoms with E-state index in [1.807, 2.05) is 6.07 Å². The van der Waals surface area contributed by atoms with Crippen LogP contribution in [0.15, 0.2) is 36.4 Å². The first kappa shape index (κ1) is 54.3. The molecule has 0 bridgehead atoms. The molecule has 0 aliphatic carbocycles. The van der Waals surface area contributed by atoms with Gasteiger partial charge in [-0.2, -0.15) is 0 Å². The van der Waals surface area contributed by atoms with Gasteiger partial charge in [-0.3, -0.25) is 0 Å². The summed E-state index contributed by atoms with van der Waals surface area (Å²) in [6, 6.07) is 10.1. The average Bonchev–Trinajstić information content (AvgIpc) is 3.19. The second kappa shape index (κ2) is 33.0. The SMILES string of the molecule is CC(C)CCCCCCOC(=O)c1ccccc1C(=O)OCCCCCCC(C)C.CC(C)CCCCCCc1ccc(C(=O)O)c(C(=O)O)c1CCCCCCC(C)C. The van der Waals surface area contributed by atoms with Crippen molar-refractivity contribution < 1.29 is 38.9 Å². The summed E-state index contributed by atoms with van der Waals surface area (Å²) >= 11 is 0. The number of carboxylic acids is 2. The van der Waals surface area contributed by atoms with Crippen LogP contribution in [0.5, 0.6) is 0 Å². The van der Waals surface area contributed by atoms with E-state index in [1.54, 1.807) is 24.3 Å². The molecule has 0 aromatic heterocycles. The third-order valence-electron chi connectivity index (χ3n) is 11.0. The van der Waals surface area contributed by atoms with Crippen LogP contribution in [0.3, 0.4) is 0 Å². The van der Waals surface area contributed by atoms with Crippen LogP contribution in [0.4, 0.5) is 0 Å². The van der Waals surface area contributed by atoms with Crippen LogP contribution in [0.1, 0.15) is 236 Å². The number of hydrogen-bond donors (Lipinski definition) is 2. The molecule has 0 fully saturated rings. The highest BCUT2D eigenvalue weighted by atomic mass is 16.5. The second-order valence-corrected chi connectivity index (χ2v) is 18.4. The minimum atomic E-state index is -1.16. The summed E-state index contributed by atoms with van der Waals surface area (Å²) in [5, 5.41) is 19.2. The van der Waals surface area contributed by atoms with E-state index in [4.69, 9.17) is 9.47 Å². The Morgan fingerprint density at radius 2 is 0.800 bits per heavy atom. The molecule has 8 heteroatoms. The van der Waals surface area contributed by atoms with Crippen molar-refractivity contribution >= 4 is 23.9 Å². The Morgan fingerprint density at radius 1 is 0.433 bits per heavy atom. The zero-order valence-corrected chi connectivity index (χ0v) is 39.1. The molecule has 0 amide bonds. The lowest BCUT2D eigenvalue weighted by Gasteiger charge is -2.15. The van der Waals surface area contributed by atoms with Gasteiger partial charge in [0.1, 0.15) is 0 Å². The van der Waals surface area contributed by atoms with Gasteiger partial charge >= 0.3 is 23.9 Å². The number of carbonyl (C=O) groups excluding carboxylic acids is 2. The number of carbonyl (C=O) groups is 4. The van der Waals surface area contributed by atoms with Gasteiger partial charge in [-0.25, -0.2) is 19.2 Å². The summed E-state index contributed by atoms with van der Waals surface area (Å²) in [6.07, 6.45) is 23.9. The third-order valence-corrected chi connectivity index (χ3v) is 11.0. The van der Waals surface area contributed by atoms with E-state index in [9.17, 15) is 29.4 Å². The molecule has 0 saturated heterocycles. The van der Waals surface area contributed by atoms with E-state index in [0.717, 1.165) is 106 Å². The topological polar surface area (TPSA) is 127 Å². The molecule has 0 spiro atoms. The molecule has 0 radical (unpaired) electrons. The highest BCUT2D eigenvalue weighted by Gasteiger charge is 2.23. The fourth-order valence-electron chi connectivity index (χ4n) is 7.40. The molecular formula is C52H84O8. The maximum Gasteiger partial charge on any atom is 0.339 e. The molecule has 0 heterocycles. The van der Waals surface area contributed by atoms with Crippen LogP contribution in [-0.4, -0.2) is 47.3 Å². The van der Waals surface area contributed by atoms with Crippen molar-refractivity contribution in [2.45, 2.75) is 197 Å². The van der Waals surface area contributed by atoms with Crippen molar-refractivity contribution in [1.29, 1.82) is 0 Å². The van der Waals surface area contributed by atoms with E-state index in [-0.39, 0.29) is 11.1 Å². The van der Waals surface area contributed by atoms with Gasteiger partial charge < -0.3 is 19.7 Å². The molecule has 2 N–H and O–H groups in total. The highest BCUT2D eigenvalue weighted by molar-refractivity contribution is 6.03. The average molecular weight is 837 g/mol. The smallest absolute Gasteiger partial charge is 0.339 e. The summed E-state index contributed by atoms with van der Waals surface area (Å²) in [4.78, 5) is 48.4. The van der Waals surface area contributed by atoms with Crippen molar-refractivity contribution in [3.63, 3.8) is 0 Å². The number of esters is 2. The predicted molar refractivity (Wildman–Crippen MR) is 246 cm³/mol. The zero-order chi connectivity index (χ0) is 44.7. The monoisotopic (exact) mass is 837 g/mol. The molecule has 2 aromatic rings. The van der Waals surface area contributed by atoms with E-state index in [1.165, 1.54) is 63.9 Å².